The Morgan fingerprint density at radius 1 is 1.35 bits per heavy atom. The summed E-state index contributed by atoms with van der Waals surface area (Å²) < 4.78 is 7.32. The van der Waals surface area contributed by atoms with E-state index in [1.54, 1.807) is 10.9 Å². The van der Waals surface area contributed by atoms with Crippen molar-refractivity contribution in [1.82, 2.24) is 20.3 Å². The Labute approximate surface area is 118 Å². The van der Waals surface area contributed by atoms with Crippen LogP contribution in [0.5, 0.6) is 0 Å². The van der Waals surface area contributed by atoms with Gasteiger partial charge in [-0.1, -0.05) is 19.1 Å². The molecule has 2 fully saturated rings. The topological polar surface area (TPSA) is 69.0 Å². The van der Waals surface area contributed by atoms with E-state index in [9.17, 15) is 4.79 Å². The molecule has 3 atom stereocenters. The largest absolute Gasteiger partial charge is 0.458 e. The zero-order chi connectivity index (χ0) is 14.1. The van der Waals surface area contributed by atoms with Crippen LogP contribution in [-0.4, -0.2) is 40.2 Å². The van der Waals surface area contributed by atoms with Crippen LogP contribution in [-0.2, 0) is 4.74 Å². The molecule has 2 heterocycles. The molecule has 1 aromatic heterocycles. The number of carbonyl (C=O) groups is 1. The van der Waals surface area contributed by atoms with Crippen LogP contribution in [0, 0.1) is 11.8 Å². The molecule has 0 aromatic carbocycles. The smallest absolute Gasteiger partial charge is 0.360 e. The molecule has 20 heavy (non-hydrogen) atoms. The molecule has 6 nitrogen and oxygen atoms in total. The van der Waals surface area contributed by atoms with Crippen molar-refractivity contribution in [3.8, 4) is 0 Å². The van der Waals surface area contributed by atoms with E-state index in [0.29, 0.717) is 17.7 Å². The van der Waals surface area contributed by atoms with Crippen LogP contribution < -0.4 is 5.32 Å². The zero-order valence-electron chi connectivity index (χ0n) is 12.1. The summed E-state index contributed by atoms with van der Waals surface area (Å²) >= 11 is 0. The normalized spacial score (nSPS) is 30.8. The van der Waals surface area contributed by atoms with Crippen molar-refractivity contribution in [3.63, 3.8) is 0 Å². The van der Waals surface area contributed by atoms with Crippen LogP contribution in [0.4, 0.5) is 0 Å². The van der Waals surface area contributed by atoms with Crippen LogP contribution in [0.1, 0.15) is 49.6 Å². The summed E-state index contributed by atoms with van der Waals surface area (Å²) in [4.78, 5) is 12.1. The fourth-order valence-corrected chi connectivity index (χ4v) is 2.83. The summed E-state index contributed by atoms with van der Waals surface area (Å²) in [5.74, 6) is 0.991. The Kier molecular flexibility index (Phi) is 3.74. The first-order chi connectivity index (χ1) is 9.63. The van der Waals surface area contributed by atoms with Crippen LogP contribution in [0.25, 0.3) is 0 Å². The molecule has 1 aliphatic heterocycles. The highest BCUT2D eigenvalue weighted by Crippen LogP contribution is 2.31. The van der Waals surface area contributed by atoms with E-state index in [4.69, 9.17) is 4.74 Å². The van der Waals surface area contributed by atoms with Crippen molar-refractivity contribution < 1.29 is 9.53 Å². The molecule has 2 aliphatic rings. The van der Waals surface area contributed by atoms with E-state index in [1.807, 2.05) is 0 Å². The predicted molar refractivity (Wildman–Crippen MR) is 73.3 cm³/mol. The van der Waals surface area contributed by atoms with E-state index >= 15 is 0 Å². The summed E-state index contributed by atoms with van der Waals surface area (Å²) in [5.41, 5.74) is 0.322. The van der Waals surface area contributed by atoms with Gasteiger partial charge >= 0.3 is 5.97 Å². The molecule has 1 saturated carbocycles. The Balaban J connectivity index is 1.57. The van der Waals surface area contributed by atoms with Gasteiger partial charge in [0, 0.05) is 13.1 Å². The van der Waals surface area contributed by atoms with E-state index in [-0.39, 0.29) is 12.1 Å². The van der Waals surface area contributed by atoms with Crippen LogP contribution in [0.2, 0.25) is 0 Å². The summed E-state index contributed by atoms with van der Waals surface area (Å²) in [6.07, 6.45) is 4.76. The lowest BCUT2D eigenvalue weighted by molar-refractivity contribution is 0.00816. The summed E-state index contributed by atoms with van der Waals surface area (Å²) in [5, 5.41) is 11.1. The highest BCUT2D eigenvalue weighted by Gasteiger charge is 2.28. The molecule has 0 bridgehead atoms. The van der Waals surface area contributed by atoms with Gasteiger partial charge in [-0.3, -0.25) is 0 Å². The van der Waals surface area contributed by atoms with Gasteiger partial charge in [-0.15, -0.1) is 5.10 Å². The minimum atomic E-state index is -0.338. The number of nitrogens with one attached hydrogen (secondary N) is 1. The van der Waals surface area contributed by atoms with Crippen molar-refractivity contribution >= 4 is 5.97 Å². The zero-order valence-corrected chi connectivity index (χ0v) is 12.1. The SMILES string of the molecule is CC1CCC(OC(=O)c2cn(C3CNC3)nn2)CC1C. The Morgan fingerprint density at radius 3 is 2.80 bits per heavy atom. The molecule has 1 N–H and O–H groups in total. The monoisotopic (exact) mass is 278 g/mol. The van der Waals surface area contributed by atoms with Crippen molar-refractivity contribution in [2.75, 3.05) is 13.1 Å². The maximum absolute atomic E-state index is 12.1. The van der Waals surface area contributed by atoms with Crippen molar-refractivity contribution in [1.29, 1.82) is 0 Å². The quantitative estimate of drug-likeness (QED) is 0.846. The Hall–Kier alpha value is -1.43. The first kappa shape index (κ1) is 13.5. The molecule has 1 saturated heterocycles. The Morgan fingerprint density at radius 2 is 2.15 bits per heavy atom. The van der Waals surface area contributed by atoms with Gasteiger partial charge in [-0.2, -0.15) is 0 Å². The lowest BCUT2D eigenvalue weighted by Crippen LogP contribution is -2.43. The second kappa shape index (κ2) is 5.52. The fraction of sp³-hybridized carbons (Fsp3) is 0.786. The molecule has 6 heteroatoms. The average Bonchev–Trinajstić information content (AvgIpc) is 2.81. The lowest BCUT2D eigenvalue weighted by Gasteiger charge is -2.31. The number of ether oxygens (including phenoxy) is 1. The molecule has 3 unspecified atom stereocenters. The lowest BCUT2D eigenvalue weighted by atomic mass is 9.80. The summed E-state index contributed by atoms with van der Waals surface area (Å²) in [6, 6.07) is 0.319. The molecule has 3 rings (SSSR count). The molecule has 1 aliphatic carbocycles. The molecule has 1 aromatic rings. The van der Waals surface area contributed by atoms with Crippen LogP contribution >= 0.6 is 0 Å². The first-order valence-electron chi connectivity index (χ1n) is 7.47. The van der Waals surface area contributed by atoms with Gasteiger partial charge in [-0.25, -0.2) is 9.48 Å². The van der Waals surface area contributed by atoms with E-state index in [1.165, 1.54) is 0 Å². The average molecular weight is 278 g/mol. The summed E-state index contributed by atoms with van der Waals surface area (Å²) in [6.45, 7) is 6.26. The third-order valence-corrected chi connectivity index (χ3v) is 4.68. The van der Waals surface area contributed by atoms with E-state index in [0.717, 1.165) is 38.3 Å². The minimum Gasteiger partial charge on any atom is -0.458 e. The van der Waals surface area contributed by atoms with Gasteiger partial charge in [0.1, 0.15) is 6.10 Å². The third-order valence-electron chi connectivity index (χ3n) is 4.68. The fourth-order valence-electron chi connectivity index (χ4n) is 2.83. The maximum atomic E-state index is 12.1. The molecular formula is C14H22N4O2. The predicted octanol–water partition coefficient (Wildman–Crippen LogP) is 1.40. The second-order valence-corrected chi connectivity index (χ2v) is 6.19. The maximum Gasteiger partial charge on any atom is 0.360 e. The van der Waals surface area contributed by atoms with Gasteiger partial charge < -0.3 is 10.1 Å². The number of hydrogen-bond donors (Lipinski definition) is 1. The number of esters is 1. The van der Waals surface area contributed by atoms with Gasteiger partial charge in [-0.05, 0) is 31.1 Å². The molecule has 0 spiro atoms. The highest BCUT2D eigenvalue weighted by atomic mass is 16.5. The van der Waals surface area contributed by atoms with Crippen molar-refractivity contribution in [3.05, 3.63) is 11.9 Å². The molecule has 0 amide bonds. The van der Waals surface area contributed by atoms with Gasteiger partial charge in [0.15, 0.2) is 5.69 Å². The number of aromatic nitrogens is 3. The minimum absolute atomic E-state index is 0.0317. The standard InChI is InChI=1S/C14H22N4O2/c1-9-3-4-12(5-10(9)2)20-14(19)13-8-18(17-16-13)11-6-15-7-11/h8-12,15H,3-7H2,1-2H3. The summed E-state index contributed by atoms with van der Waals surface area (Å²) in [7, 11) is 0. The first-order valence-corrected chi connectivity index (χ1v) is 7.47. The number of nitrogens with zero attached hydrogens (tertiary/aromatic N) is 3. The van der Waals surface area contributed by atoms with E-state index in [2.05, 4.69) is 29.5 Å². The van der Waals surface area contributed by atoms with Crippen molar-refractivity contribution in [2.45, 2.75) is 45.3 Å². The van der Waals surface area contributed by atoms with Crippen molar-refractivity contribution in [2.24, 2.45) is 11.8 Å². The molecule has 110 valence electrons. The highest BCUT2D eigenvalue weighted by molar-refractivity contribution is 5.86. The van der Waals surface area contributed by atoms with Gasteiger partial charge in [0.2, 0.25) is 0 Å². The Bertz CT molecular complexity index is 483. The number of rotatable bonds is 3. The van der Waals surface area contributed by atoms with Gasteiger partial charge in [0.25, 0.3) is 0 Å². The van der Waals surface area contributed by atoms with E-state index < -0.39 is 0 Å². The van der Waals surface area contributed by atoms with Gasteiger partial charge in [0.05, 0.1) is 12.2 Å². The number of hydrogen-bond acceptors (Lipinski definition) is 5. The third kappa shape index (κ3) is 2.70. The second-order valence-electron chi connectivity index (χ2n) is 6.19. The molecular weight excluding hydrogens is 256 g/mol. The molecule has 0 radical (unpaired) electrons. The van der Waals surface area contributed by atoms with Crippen LogP contribution in [0.15, 0.2) is 6.20 Å². The van der Waals surface area contributed by atoms with Crippen LogP contribution in [0.3, 0.4) is 0 Å². The number of carbonyl (C=O) groups excluding carboxylic acids is 1.